The lowest BCUT2D eigenvalue weighted by molar-refractivity contribution is 0.583. The van der Waals surface area contributed by atoms with Gasteiger partial charge in [-0.25, -0.2) is 18.1 Å². The van der Waals surface area contributed by atoms with Gasteiger partial charge in [0.25, 0.3) is 10.0 Å². The molecular formula is C7H10N2O2S2. The number of hydrogen-bond acceptors (Lipinski definition) is 4. The van der Waals surface area contributed by atoms with Gasteiger partial charge in [-0.1, -0.05) is 0 Å². The Morgan fingerprint density at radius 2 is 2.31 bits per heavy atom. The zero-order valence-electron chi connectivity index (χ0n) is 7.15. The van der Waals surface area contributed by atoms with Gasteiger partial charge in [0.2, 0.25) is 0 Å². The average Bonchev–Trinajstić information content (AvgIpc) is 2.70. The van der Waals surface area contributed by atoms with Crippen molar-refractivity contribution in [2.45, 2.75) is 30.0 Å². The van der Waals surface area contributed by atoms with Crippen molar-refractivity contribution in [3.05, 3.63) is 11.2 Å². The number of aryl methyl sites for hydroxylation is 1. The first-order valence-corrected chi connectivity index (χ1v) is 6.33. The van der Waals surface area contributed by atoms with Crippen LogP contribution in [0.3, 0.4) is 0 Å². The molecule has 1 saturated carbocycles. The maximum atomic E-state index is 11.6. The normalized spacial score (nSPS) is 17.6. The quantitative estimate of drug-likeness (QED) is 0.819. The van der Waals surface area contributed by atoms with Gasteiger partial charge in [-0.3, -0.25) is 0 Å². The molecule has 1 heterocycles. The smallest absolute Gasteiger partial charge is 0.249 e. The third-order valence-electron chi connectivity index (χ3n) is 1.76. The van der Waals surface area contributed by atoms with E-state index in [-0.39, 0.29) is 6.04 Å². The van der Waals surface area contributed by atoms with Crippen LogP contribution in [0.15, 0.2) is 10.4 Å². The SMILES string of the molecule is Cc1ncc(S(=O)(=O)NC2CC2)s1. The topological polar surface area (TPSA) is 59.1 Å². The Balaban J connectivity index is 2.22. The lowest BCUT2D eigenvalue weighted by Crippen LogP contribution is -2.24. The maximum Gasteiger partial charge on any atom is 0.251 e. The molecule has 1 aromatic heterocycles. The van der Waals surface area contributed by atoms with Crippen LogP contribution in [0.1, 0.15) is 17.8 Å². The molecule has 0 aliphatic heterocycles. The van der Waals surface area contributed by atoms with Crippen molar-refractivity contribution in [1.82, 2.24) is 9.71 Å². The van der Waals surface area contributed by atoms with Crippen molar-refractivity contribution in [2.75, 3.05) is 0 Å². The molecule has 0 spiro atoms. The zero-order chi connectivity index (χ0) is 9.47. The monoisotopic (exact) mass is 218 g/mol. The van der Waals surface area contributed by atoms with Crippen molar-refractivity contribution in [3.63, 3.8) is 0 Å². The van der Waals surface area contributed by atoms with Crippen LogP contribution in [0.4, 0.5) is 0 Å². The molecule has 0 saturated heterocycles. The van der Waals surface area contributed by atoms with Crippen LogP contribution in [-0.4, -0.2) is 19.4 Å². The summed E-state index contributed by atoms with van der Waals surface area (Å²) in [6, 6.07) is 0.160. The number of rotatable bonds is 3. The third kappa shape index (κ3) is 2.07. The lowest BCUT2D eigenvalue weighted by Gasteiger charge is -2.00. The highest BCUT2D eigenvalue weighted by Crippen LogP contribution is 2.24. The second-order valence-corrected chi connectivity index (χ2v) is 6.27. The van der Waals surface area contributed by atoms with E-state index < -0.39 is 10.0 Å². The standard InChI is InChI=1S/C7H10N2O2S2/c1-5-8-4-7(12-5)13(10,11)9-6-2-3-6/h4,6,9H,2-3H2,1H3. The molecule has 1 aliphatic rings. The third-order valence-corrected chi connectivity index (χ3v) is 4.66. The summed E-state index contributed by atoms with van der Waals surface area (Å²) in [6.07, 6.45) is 3.32. The molecule has 0 atom stereocenters. The largest absolute Gasteiger partial charge is 0.251 e. The van der Waals surface area contributed by atoms with Gasteiger partial charge >= 0.3 is 0 Å². The first-order valence-electron chi connectivity index (χ1n) is 4.03. The molecule has 0 bridgehead atoms. The highest BCUT2D eigenvalue weighted by molar-refractivity contribution is 7.91. The number of nitrogens with zero attached hydrogens (tertiary/aromatic N) is 1. The van der Waals surface area contributed by atoms with E-state index in [2.05, 4.69) is 9.71 Å². The van der Waals surface area contributed by atoms with E-state index in [9.17, 15) is 8.42 Å². The molecule has 0 amide bonds. The van der Waals surface area contributed by atoms with E-state index in [0.717, 1.165) is 17.8 Å². The fourth-order valence-electron chi connectivity index (χ4n) is 0.945. The van der Waals surface area contributed by atoms with Gasteiger partial charge in [0.05, 0.1) is 11.2 Å². The molecular weight excluding hydrogens is 208 g/mol. The highest BCUT2D eigenvalue weighted by atomic mass is 32.2. The first kappa shape index (κ1) is 9.11. The summed E-state index contributed by atoms with van der Waals surface area (Å²) in [5.74, 6) is 0. The molecule has 1 aromatic rings. The average molecular weight is 218 g/mol. The fraction of sp³-hybridized carbons (Fsp3) is 0.571. The predicted molar refractivity (Wildman–Crippen MR) is 50.2 cm³/mol. The van der Waals surface area contributed by atoms with Gasteiger partial charge in [0.1, 0.15) is 0 Å². The van der Waals surface area contributed by atoms with Crippen LogP contribution >= 0.6 is 11.3 Å². The Morgan fingerprint density at radius 3 is 2.77 bits per heavy atom. The molecule has 0 unspecified atom stereocenters. The summed E-state index contributed by atoms with van der Waals surface area (Å²) in [6.45, 7) is 1.79. The van der Waals surface area contributed by atoms with Gasteiger partial charge in [0.15, 0.2) is 4.21 Å². The number of sulfonamides is 1. The number of thiazole rings is 1. The van der Waals surface area contributed by atoms with E-state index in [1.54, 1.807) is 6.92 Å². The van der Waals surface area contributed by atoms with E-state index in [0.29, 0.717) is 4.21 Å². The van der Waals surface area contributed by atoms with Crippen LogP contribution in [0.5, 0.6) is 0 Å². The molecule has 6 heteroatoms. The fourth-order valence-corrected chi connectivity index (χ4v) is 3.37. The zero-order valence-corrected chi connectivity index (χ0v) is 8.78. The molecule has 1 fully saturated rings. The van der Waals surface area contributed by atoms with Gasteiger partial charge in [-0.05, 0) is 19.8 Å². The molecule has 2 rings (SSSR count). The van der Waals surface area contributed by atoms with E-state index >= 15 is 0 Å². The van der Waals surface area contributed by atoms with Gasteiger partial charge in [0, 0.05) is 6.04 Å². The van der Waals surface area contributed by atoms with Crippen molar-refractivity contribution in [3.8, 4) is 0 Å². The Morgan fingerprint density at radius 1 is 1.62 bits per heavy atom. The van der Waals surface area contributed by atoms with Crippen molar-refractivity contribution in [1.29, 1.82) is 0 Å². The number of aromatic nitrogens is 1. The van der Waals surface area contributed by atoms with Crippen molar-refractivity contribution < 1.29 is 8.42 Å². The summed E-state index contributed by atoms with van der Waals surface area (Å²) in [4.78, 5) is 3.91. The second kappa shape index (κ2) is 3.04. The number of hydrogen-bond donors (Lipinski definition) is 1. The summed E-state index contributed by atoms with van der Waals surface area (Å²) in [5.41, 5.74) is 0. The molecule has 0 aromatic carbocycles. The van der Waals surface area contributed by atoms with Crippen molar-refractivity contribution >= 4 is 21.4 Å². The van der Waals surface area contributed by atoms with E-state index in [4.69, 9.17) is 0 Å². The van der Waals surface area contributed by atoms with Crippen LogP contribution in [0, 0.1) is 6.92 Å². The molecule has 0 radical (unpaired) electrons. The summed E-state index contributed by atoms with van der Waals surface area (Å²) in [5, 5.41) is 0.774. The summed E-state index contributed by atoms with van der Waals surface area (Å²) >= 11 is 1.20. The summed E-state index contributed by atoms with van der Waals surface area (Å²) in [7, 11) is -3.27. The number of nitrogens with one attached hydrogen (secondary N) is 1. The molecule has 1 aliphatic carbocycles. The van der Waals surface area contributed by atoms with Crippen LogP contribution < -0.4 is 4.72 Å². The van der Waals surface area contributed by atoms with Crippen LogP contribution in [0.25, 0.3) is 0 Å². The molecule has 4 nitrogen and oxygen atoms in total. The van der Waals surface area contributed by atoms with Gasteiger partial charge in [-0.2, -0.15) is 0 Å². The Labute approximate surface area is 81.1 Å². The predicted octanol–water partition coefficient (Wildman–Crippen LogP) is 0.892. The van der Waals surface area contributed by atoms with E-state index in [1.807, 2.05) is 0 Å². The minimum absolute atomic E-state index is 0.160. The molecule has 13 heavy (non-hydrogen) atoms. The summed E-state index contributed by atoms with van der Waals surface area (Å²) < 4.78 is 26.0. The first-order chi connectivity index (χ1) is 6.08. The minimum Gasteiger partial charge on any atom is -0.249 e. The second-order valence-electron chi connectivity index (χ2n) is 3.09. The van der Waals surface area contributed by atoms with Crippen molar-refractivity contribution in [2.24, 2.45) is 0 Å². The maximum absolute atomic E-state index is 11.6. The van der Waals surface area contributed by atoms with Crippen LogP contribution in [-0.2, 0) is 10.0 Å². The Hall–Kier alpha value is -0.460. The van der Waals surface area contributed by atoms with Gasteiger partial charge in [-0.15, -0.1) is 11.3 Å². The highest BCUT2D eigenvalue weighted by Gasteiger charge is 2.28. The Kier molecular flexibility index (Phi) is 2.13. The minimum atomic E-state index is -3.27. The van der Waals surface area contributed by atoms with E-state index in [1.165, 1.54) is 17.5 Å². The molecule has 1 N–H and O–H groups in total. The molecule has 72 valence electrons. The Bertz CT molecular complexity index is 406. The van der Waals surface area contributed by atoms with Crippen LogP contribution in [0.2, 0.25) is 0 Å². The van der Waals surface area contributed by atoms with Gasteiger partial charge < -0.3 is 0 Å². The lowest BCUT2D eigenvalue weighted by atomic mass is 10.8.